The third-order valence-electron chi connectivity index (χ3n) is 1.86. The van der Waals surface area contributed by atoms with E-state index in [-0.39, 0.29) is 17.1 Å². The maximum Gasteiger partial charge on any atom is 2.00 e. The van der Waals surface area contributed by atoms with Crippen molar-refractivity contribution in [3.8, 4) is 0 Å². The van der Waals surface area contributed by atoms with E-state index in [9.17, 15) is 4.79 Å². The molecular weight excluding hydrogens is 282 g/mol. The van der Waals surface area contributed by atoms with Gasteiger partial charge in [-0.25, -0.2) is 23.0 Å². The largest absolute Gasteiger partial charge is 2.00 e. The summed E-state index contributed by atoms with van der Waals surface area (Å²) in [5.74, 6) is 0. The zero-order chi connectivity index (χ0) is 13.4. The Balaban J connectivity index is 0.000000454. The van der Waals surface area contributed by atoms with E-state index in [1.807, 2.05) is 75.4 Å². The van der Waals surface area contributed by atoms with Gasteiger partial charge in [0, 0.05) is 0 Å². The normalized spacial score (nSPS) is 9.63. The monoisotopic (exact) mass is 301 g/mol. The molecule has 1 N–H and O–H groups in total. The Morgan fingerprint density at radius 2 is 1.79 bits per heavy atom. The summed E-state index contributed by atoms with van der Waals surface area (Å²) in [5.41, 5.74) is 0.311. The molecule has 0 radical (unpaired) electrons. The van der Waals surface area contributed by atoms with Crippen LogP contribution in [0.2, 0.25) is 0 Å². The topological polar surface area (TPSA) is 38.3 Å². The predicted molar refractivity (Wildman–Crippen MR) is 73.9 cm³/mol. The van der Waals surface area contributed by atoms with Gasteiger partial charge in [0.25, 0.3) is 0 Å². The van der Waals surface area contributed by atoms with E-state index in [1.54, 1.807) is 0 Å². The van der Waals surface area contributed by atoms with Crippen molar-refractivity contribution >= 4 is 11.8 Å². The van der Waals surface area contributed by atoms with E-state index in [0.29, 0.717) is 0 Å². The molecule has 0 bridgehead atoms. The van der Waals surface area contributed by atoms with Crippen LogP contribution in [0.15, 0.2) is 54.6 Å². The van der Waals surface area contributed by atoms with Crippen LogP contribution in [-0.4, -0.2) is 11.7 Å². The van der Waals surface area contributed by atoms with Crippen molar-refractivity contribution in [1.29, 1.82) is 0 Å². The molecule has 19 heavy (non-hydrogen) atoms. The van der Waals surface area contributed by atoms with E-state index in [2.05, 4.69) is 5.32 Å². The Kier molecular flexibility index (Phi) is 7.89. The Bertz CT molecular complexity index is 410. The molecule has 0 fully saturated rings. The van der Waals surface area contributed by atoms with Gasteiger partial charge in [-0.1, -0.05) is 5.69 Å². The number of rotatable bonds is 1. The van der Waals surface area contributed by atoms with Gasteiger partial charge in [0.05, 0.1) is 0 Å². The summed E-state index contributed by atoms with van der Waals surface area (Å²) in [6.07, 6.45) is -0.418. The predicted octanol–water partition coefficient (Wildman–Crippen LogP) is 4.16. The van der Waals surface area contributed by atoms with Gasteiger partial charge in [-0.15, -0.1) is 6.07 Å². The third-order valence-corrected chi connectivity index (χ3v) is 1.86. The number of carbonyl (C=O) groups is 1. The smallest absolute Gasteiger partial charge is 0.444 e. The summed E-state index contributed by atoms with van der Waals surface area (Å²) < 4.78 is 5.06. The zero-order valence-corrected chi connectivity index (χ0v) is 12.5. The molecule has 0 aliphatic heterocycles. The van der Waals surface area contributed by atoms with Gasteiger partial charge in [0.15, 0.2) is 0 Å². The second-order valence-electron chi connectivity index (χ2n) is 4.76. The van der Waals surface area contributed by atoms with Crippen molar-refractivity contribution < 1.29 is 26.6 Å². The molecule has 0 spiro atoms. The Morgan fingerprint density at radius 1 is 1.16 bits per heavy atom. The number of nitrogens with one attached hydrogen (secondary N) is 1. The number of hydrogen-bond acceptors (Lipinski definition) is 2. The molecule has 0 unspecified atom stereocenters. The van der Waals surface area contributed by atoms with Crippen LogP contribution in [0.1, 0.15) is 20.8 Å². The van der Waals surface area contributed by atoms with Crippen LogP contribution >= 0.6 is 0 Å². The molecule has 3 nitrogen and oxygen atoms in total. The molecule has 1 amide bonds. The fourth-order valence-corrected chi connectivity index (χ4v) is 1.20. The maximum absolute atomic E-state index is 11.2. The quantitative estimate of drug-likeness (QED) is 0.634. The first-order chi connectivity index (χ1) is 8.47. The molecule has 104 valence electrons. The fourth-order valence-electron chi connectivity index (χ4n) is 1.20. The molecule has 0 saturated heterocycles. The number of ether oxygens (including phenoxy) is 1. The van der Waals surface area contributed by atoms with Crippen LogP contribution < -0.4 is 5.32 Å². The summed E-state index contributed by atoms with van der Waals surface area (Å²) in [5, 5.41) is 2.62. The molecule has 2 aromatic rings. The van der Waals surface area contributed by atoms with E-state index < -0.39 is 11.7 Å². The third kappa shape index (κ3) is 9.11. The van der Waals surface area contributed by atoms with Crippen LogP contribution in [0.25, 0.3) is 0 Å². The van der Waals surface area contributed by atoms with Gasteiger partial charge in [-0.2, -0.15) is 30.3 Å². The molecule has 0 aliphatic rings. The number of anilines is 1. The minimum absolute atomic E-state index is 0. The van der Waals surface area contributed by atoms with Crippen molar-refractivity contribution in [3.05, 3.63) is 54.6 Å². The molecule has 0 saturated carbocycles. The van der Waals surface area contributed by atoms with Gasteiger partial charge in [-0.05, 0) is 20.8 Å². The molecule has 2 rings (SSSR count). The summed E-state index contributed by atoms with van der Waals surface area (Å²) in [7, 11) is 0. The fraction of sp³-hybridized carbons (Fsp3) is 0.267. The average Bonchev–Trinajstić information content (AvgIpc) is 2.88. The minimum atomic E-state index is -0.448. The Labute approximate surface area is 125 Å². The molecule has 0 atom stereocenters. The zero-order valence-electron chi connectivity index (χ0n) is 11.4. The van der Waals surface area contributed by atoms with Crippen LogP contribution in [0.3, 0.4) is 0 Å². The van der Waals surface area contributed by atoms with Crippen molar-refractivity contribution in [2.75, 3.05) is 5.32 Å². The number of carbonyl (C=O) groups excluding carboxylic acids is 1. The summed E-state index contributed by atoms with van der Waals surface area (Å²) in [4.78, 5) is 11.2. The van der Waals surface area contributed by atoms with E-state index >= 15 is 0 Å². The molecule has 0 aromatic heterocycles. The average molecular weight is 301 g/mol. The first-order valence-corrected chi connectivity index (χ1v) is 5.86. The molecule has 0 heterocycles. The second kappa shape index (κ2) is 8.57. The molecule has 0 aliphatic carbocycles. The maximum atomic E-state index is 11.2. The van der Waals surface area contributed by atoms with Crippen molar-refractivity contribution in [2.24, 2.45) is 0 Å². The molecular formula is C15H19FeNO2. The van der Waals surface area contributed by atoms with Crippen LogP contribution in [-0.2, 0) is 21.8 Å². The van der Waals surface area contributed by atoms with Gasteiger partial charge < -0.3 is 10.1 Å². The first-order valence-electron chi connectivity index (χ1n) is 5.86. The van der Waals surface area contributed by atoms with Gasteiger partial charge in [0.2, 0.25) is 0 Å². The van der Waals surface area contributed by atoms with E-state index in [1.165, 1.54) is 0 Å². The van der Waals surface area contributed by atoms with Crippen molar-refractivity contribution in [1.82, 2.24) is 0 Å². The van der Waals surface area contributed by atoms with Crippen LogP contribution in [0.4, 0.5) is 10.5 Å². The standard InChI is InChI=1S/C10H14NO2.C5H5.Fe/c1-10(2,3)13-9(12)11-8-6-4-5-7-8;1-2-4-5-3-1;/h4-7H,1-3H3,(H,11,12);1-5H;/q2*-1;+2. The van der Waals surface area contributed by atoms with Gasteiger partial charge in [0.1, 0.15) is 5.60 Å². The number of hydrogen-bond donors (Lipinski definition) is 1. The van der Waals surface area contributed by atoms with Crippen molar-refractivity contribution in [2.45, 2.75) is 26.4 Å². The minimum Gasteiger partial charge on any atom is -0.444 e. The first kappa shape index (κ1) is 17.5. The second-order valence-corrected chi connectivity index (χ2v) is 4.76. The van der Waals surface area contributed by atoms with E-state index in [0.717, 1.165) is 5.69 Å². The molecule has 4 heteroatoms. The van der Waals surface area contributed by atoms with Crippen LogP contribution in [0.5, 0.6) is 0 Å². The SMILES string of the molecule is CC(C)(C)OC(=O)Nc1ccc[cH-]1.[Fe+2].c1cc[cH-]c1. The van der Waals surface area contributed by atoms with Crippen LogP contribution in [0, 0.1) is 0 Å². The Morgan fingerprint density at radius 3 is 2.16 bits per heavy atom. The summed E-state index contributed by atoms with van der Waals surface area (Å²) >= 11 is 0. The van der Waals surface area contributed by atoms with Crippen molar-refractivity contribution in [3.63, 3.8) is 0 Å². The summed E-state index contributed by atoms with van der Waals surface area (Å²) in [6, 6.07) is 17.3. The number of amides is 1. The molecule has 2 aromatic carbocycles. The van der Waals surface area contributed by atoms with E-state index in [4.69, 9.17) is 4.74 Å². The van der Waals surface area contributed by atoms with Gasteiger partial charge in [-0.3, -0.25) is 0 Å². The Hall–Kier alpha value is -1.51. The van der Waals surface area contributed by atoms with Gasteiger partial charge >= 0.3 is 23.2 Å². The summed E-state index contributed by atoms with van der Waals surface area (Å²) in [6.45, 7) is 5.49.